The van der Waals surface area contributed by atoms with Crippen molar-refractivity contribution in [3.63, 3.8) is 0 Å². The number of nitrogen functional groups attached to an aromatic ring is 1. The Kier molecular flexibility index (Phi) is 22.0. The Hall–Kier alpha value is -1.76. The lowest BCUT2D eigenvalue weighted by Crippen LogP contribution is -1.86. The molecular formula is C18H31N. The van der Waals surface area contributed by atoms with Crippen molar-refractivity contribution in [1.82, 2.24) is 0 Å². The SMILES string of the molecule is C=C.C=C/C(=C\C)c1cccc(N)c1.CC.CCC. The predicted molar refractivity (Wildman–Crippen MR) is 93.3 cm³/mol. The Morgan fingerprint density at radius 1 is 1.21 bits per heavy atom. The summed E-state index contributed by atoms with van der Waals surface area (Å²) in [6, 6.07) is 7.78. The average molecular weight is 261 g/mol. The third-order valence-corrected chi connectivity index (χ3v) is 1.75. The number of benzene rings is 1. The van der Waals surface area contributed by atoms with Gasteiger partial charge in [-0.05, 0) is 30.2 Å². The lowest BCUT2D eigenvalue weighted by atomic mass is 10.1. The molecule has 0 aliphatic rings. The van der Waals surface area contributed by atoms with E-state index in [2.05, 4.69) is 33.6 Å². The molecule has 0 bridgehead atoms. The smallest absolute Gasteiger partial charge is 0.0320 e. The highest BCUT2D eigenvalue weighted by atomic mass is 14.5. The second kappa shape index (κ2) is 18.6. The number of allylic oxidation sites excluding steroid dienone is 3. The van der Waals surface area contributed by atoms with Crippen molar-refractivity contribution >= 4 is 11.3 Å². The Balaban J connectivity index is -0.000000313. The molecule has 1 heteroatoms. The first-order valence-electron chi connectivity index (χ1n) is 6.84. The van der Waals surface area contributed by atoms with Crippen LogP contribution in [0.1, 0.15) is 46.6 Å². The summed E-state index contributed by atoms with van der Waals surface area (Å²) in [4.78, 5) is 0. The highest BCUT2D eigenvalue weighted by molar-refractivity contribution is 5.74. The summed E-state index contributed by atoms with van der Waals surface area (Å²) < 4.78 is 0. The average Bonchev–Trinajstić information content (AvgIpc) is 2.46. The summed E-state index contributed by atoms with van der Waals surface area (Å²) in [6.45, 7) is 20.0. The van der Waals surface area contributed by atoms with Gasteiger partial charge < -0.3 is 5.73 Å². The summed E-state index contributed by atoms with van der Waals surface area (Å²) in [5.41, 5.74) is 8.66. The van der Waals surface area contributed by atoms with E-state index in [4.69, 9.17) is 5.73 Å². The molecule has 1 aromatic carbocycles. The lowest BCUT2D eigenvalue weighted by molar-refractivity contribution is 1.09. The fourth-order valence-corrected chi connectivity index (χ4v) is 1.12. The van der Waals surface area contributed by atoms with Gasteiger partial charge in [0, 0.05) is 5.69 Å². The second-order valence-electron chi connectivity index (χ2n) is 3.28. The van der Waals surface area contributed by atoms with Gasteiger partial charge in [0.1, 0.15) is 0 Å². The molecule has 0 fully saturated rings. The van der Waals surface area contributed by atoms with Crippen LogP contribution in [0.2, 0.25) is 0 Å². The van der Waals surface area contributed by atoms with E-state index in [9.17, 15) is 0 Å². The first-order valence-corrected chi connectivity index (χ1v) is 6.84. The van der Waals surface area contributed by atoms with Crippen LogP contribution in [0.5, 0.6) is 0 Å². The zero-order valence-corrected chi connectivity index (χ0v) is 13.4. The lowest BCUT2D eigenvalue weighted by Gasteiger charge is -2.01. The molecule has 0 aliphatic heterocycles. The summed E-state index contributed by atoms with van der Waals surface area (Å²) in [5.74, 6) is 0. The topological polar surface area (TPSA) is 26.0 Å². The molecule has 0 amide bonds. The van der Waals surface area contributed by atoms with Gasteiger partial charge in [0.25, 0.3) is 0 Å². The van der Waals surface area contributed by atoms with E-state index in [1.54, 1.807) is 0 Å². The van der Waals surface area contributed by atoms with E-state index < -0.39 is 0 Å². The van der Waals surface area contributed by atoms with Crippen LogP contribution in [-0.2, 0) is 0 Å². The molecule has 1 rings (SSSR count). The summed E-state index contributed by atoms with van der Waals surface area (Å²) in [5, 5.41) is 0. The van der Waals surface area contributed by atoms with Gasteiger partial charge in [-0.2, -0.15) is 0 Å². The van der Waals surface area contributed by atoms with Crippen molar-refractivity contribution in [2.45, 2.75) is 41.0 Å². The molecule has 0 saturated carbocycles. The largest absolute Gasteiger partial charge is 0.399 e. The van der Waals surface area contributed by atoms with Crippen LogP contribution in [0.25, 0.3) is 5.57 Å². The molecule has 0 aromatic heterocycles. The molecule has 0 atom stereocenters. The Morgan fingerprint density at radius 3 is 2.00 bits per heavy atom. The molecular weight excluding hydrogens is 230 g/mol. The first-order chi connectivity index (χ1) is 9.19. The maximum absolute atomic E-state index is 5.64. The van der Waals surface area contributed by atoms with Gasteiger partial charge in [-0.3, -0.25) is 0 Å². The van der Waals surface area contributed by atoms with Crippen molar-refractivity contribution in [1.29, 1.82) is 0 Å². The molecule has 0 radical (unpaired) electrons. The molecule has 0 heterocycles. The number of rotatable bonds is 2. The zero-order valence-electron chi connectivity index (χ0n) is 13.4. The van der Waals surface area contributed by atoms with E-state index in [1.165, 1.54) is 6.42 Å². The molecule has 0 unspecified atom stereocenters. The van der Waals surface area contributed by atoms with Crippen molar-refractivity contribution in [3.8, 4) is 0 Å². The Bertz CT molecular complexity index is 337. The van der Waals surface area contributed by atoms with Gasteiger partial charge in [-0.1, -0.05) is 65.0 Å². The van der Waals surface area contributed by atoms with Gasteiger partial charge in [-0.15, -0.1) is 13.2 Å². The van der Waals surface area contributed by atoms with Crippen LogP contribution in [0.4, 0.5) is 5.69 Å². The number of anilines is 1. The Morgan fingerprint density at radius 2 is 1.68 bits per heavy atom. The minimum atomic E-state index is 0.786. The van der Waals surface area contributed by atoms with Crippen LogP contribution in [0.15, 0.2) is 56.2 Å². The third kappa shape index (κ3) is 12.5. The highest BCUT2D eigenvalue weighted by Gasteiger charge is 1.94. The highest BCUT2D eigenvalue weighted by Crippen LogP contribution is 2.17. The second-order valence-corrected chi connectivity index (χ2v) is 3.28. The van der Waals surface area contributed by atoms with E-state index >= 15 is 0 Å². The molecule has 108 valence electrons. The van der Waals surface area contributed by atoms with Gasteiger partial charge >= 0.3 is 0 Å². The maximum atomic E-state index is 5.64. The summed E-state index contributed by atoms with van der Waals surface area (Å²) in [7, 11) is 0. The zero-order chi connectivity index (χ0) is 15.7. The van der Waals surface area contributed by atoms with Crippen molar-refractivity contribution in [2.24, 2.45) is 0 Å². The fourth-order valence-electron chi connectivity index (χ4n) is 1.12. The van der Waals surface area contributed by atoms with Crippen LogP contribution in [-0.4, -0.2) is 0 Å². The molecule has 19 heavy (non-hydrogen) atoms. The fraction of sp³-hybridized carbons (Fsp3) is 0.333. The van der Waals surface area contributed by atoms with E-state index in [1.807, 2.05) is 57.2 Å². The number of hydrogen-bond donors (Lipinski definition) is 1. The maximum Gasteiger partial charge on any atom is 0.0320 e. The minimum Gasteiger partial charge on any atom is -0.399 e. The first kappa shape index (κ1) is 22.4. The van der Waals surface area contributed by atoms with Crippen LogP contribution in [0.3, 0.4) is 0 Å². The normalized spacial score (nSPS) is 8.58. The van der Waals surface area contributed by atoms with Gasteiger partial charge in [0.05, 0.1) is 0 Å². The van der Waals surface area contributed by atoms with Gasteiger partial charge in [0.15, 0.2) is 0 Å². The molecule has 1 nitrogen and oxygen atoms in total. The molecule has 0 saturated heterocycles. The monoisotopic (exact) mass is 261 g/mol. The minimum absolute atomic E-state index is 0.786. The van der Waals surface area contributed by atoms with E-state index in [0.717, 1.165) is 16.8 Å². The van der Waals surface area contributed by atoms with Crippen molar-refractivity contribution in [3.05, 3.63) is 61.7 Å². The summed E-state index contributed by atoms with van der Waals surface area (Å²) in [6.07, 6.45) is 5.09. The van der Waals surface area contributed by atoms with Crippen LogP contribution in [0, 0.1) is 0 Å². The third-order valence-electron chi connectivity index (χ3n) is 1.75. The van der Waals surface area contributed by atoms with Gasteiger partial charge in [0.2, 0.25) is 0 Å². The van der Waals surface area contributed by atoms with E-state index in [-0.39, 0.29) is 0 Å². The predicted octanol–water partition coefficient (Wildman–Crippen LogP) is 6.10. The molecule has 0 spiro atoms. The summed E-state index contributed by atoms with van der Waals surface area (Å²) >= 11 is 0. The Labute approximate surface area is 120 Å². The molecule has 0 aliphatic carbocycles. The van der Waals surface area contributed by atoms with Crippen molar-refractivity contribution in [2.75, 3.05) is 5.73 Å². The van der Waals surface area contributed by atoms with Gasteiger partial charge in [-0.25, -0.2) is 0 Å². The van der Waals surface area contributed by atoms with Crippen LogP contribution < -0.4 is 5.73 Å². The molecule has 1 aromatic rings. The molecule has 2 N–H and O–H groups in total. The van der Waals surface area contributed by atoms with Crippen molar-refractivity contribution < 1.29 is 0 Å². The van der Waals surface area contributed by atoms with E-state index in [0.29, 0.717) is 0 Å². The quantitative estimate of drug-likeness (QED) is 0.388. The number of hydrogen-bond acceptors (Lipinski definition) is 1. The number of nitrogens with two attached hydrogens (primary N) is 1. The van der Waals surface area contributed by atoms with Crippen LogP contribution >= 0.6 is 0 Å². The standard InChI is InChI=1S/C11H13N.C3H8.C2H6.C2H4/c1-3-9(4-2)10-6-5-7-11(12)8-10;1-3-2;2*1-2/h3-8H,1,12H2,2H3;3H2,1-2H3;1-2H3;1-2H2/b9-4+;;;.